The lowest BCUT2D eigenvalue weighted by molar-refractivity contribution is -0.137. The number of alkyl halides is 3. The van der Waals surface area contributed by atoms with Gasteiger partial charge >= 0.3 is 6.18 Å². The first kappa shape index (κ1) is 20.9. The van der Waals surface area contributed by atoms with Gasteiger partial charge in [0.1, 0.15) is 6.04 Å². The van der Waals surface area contributed by atoms with E-state index in [1.807, 2.05) is 19.1 Å². The first-order valence-corrected chi connectivity index (χ1v) is 9.57. The molecule has 1 N–H and O–H groups in total. The molecule has 2 amide bonds. The van der Waals surface area contributed by atoms with Gasteiger partial charge in [0.25, 0.3) is 5.91 Å². The maximum absolute atomic E-state index is 13.0. The molecule has 3 rings (SSSR count). The van der Waals surface area contributed by atoms with Crippen LogP contribution >= 0.6 is 0 Å². The van der Waals surface area contributed by atoms with Crippen LogP contribution in [0.5, 0.6) is 0 Å². The zero-order valence-electron chi connectivity index (χ0n) is 16.1. The summed E-state index contributed by atoms with van der Waals surface area (Å²) < 4.78 is 38.9. The van der Waals surface area contributed by atoms with Gasteiger partial charge in [0.2, 0.25) is 5.91 Å². The Morgan fingerprint density at radius 1 is 1.14 bits per heavy atom. The Morgan fingerprint density at radius 2 is 1.90 bits per heavy atom. The summed E-state index contributed by atoms with van der Waals surface area (Å²) in [5.74, 6) is -0.579. The molecule has 1 aliphatic heterocycles. The maximum atomic E-state index is 13.0. The van der Waals surface area contributed by atoms with Gasteiger partial charge < -0.3 is 10.2 Å². The van der Waals surface area contributed by atoms with Crippen LogP contribution < -0.4 is 5.32 Å². The van der Waals surface area contributed by atoms with Crippen molar-refractivity contribution >= 4 is 11.8 Å². The number of carbonyl (C=O) groups excluding carboxylic acids is 2. The fourth-order valence-corrected chi connectivity index (χ4v) is 3.53. The van der Waals surface area contributed by atoms with Gasteiger partial charge in [-0.25, -0.2) is 0 Å². The quantitative estimate of drug-likeness (QED) is 0.825. The summed E-state index contributed by atoms with van der Waals surface area (Å²) in [6.07, 6.45) is -2.43. The van der Waals surface area contributed by atoms with Crippen molar-refractivity contribution in [2.24, 2.45) is 0 Å². The van der Waals surface area contributed by atoms with Gasteiger partial charge in [-0.1, -0.05) is 30.3 Å². The van der Waals surface area contributed by atoms with Crippen LogP contribution in [0, 0.1) is 6.92 Å². The molecule has 1 unspecified atom stereocenters. The Kier molecular flexibility index (Phi) is 6.25. The van der Waals surface area contributed by atoms with E-state index in [9.17, 15) is 22.8 Å². The predicted octanol–water partition coefficient (Wildman–Crippen LogP) is 4.32. The number of hydrogen-bond acceptors (Lipinski definition) is 2. The van der Waals surface area contributed by atoms with Gasteiger partial charge in [-0.3, -0.25) is 9.59 Å². The number of nitrogens with zero attached hydrogens (tertiary/aromatic N) is 1. The summed E-state index contributed by atoms with van der Waals surface area (Å²) in [5, 5.41) is 2.81. The topological polar surface area (TPSA) is 49.4 Å². The van der Waals surface area contributed by atoms with Crippen molar-refractivity contribution < 1.29 is 22.8 Å². The zero-order chi connectivity index (χ0) is 21.0. The Balaban J connectivity index is 1.73. The highest BCUT2D eigenvalue weighted by Crippen LogP contribution is 2.30. The minimum Gasteiger partial charge on any atom is -0.340 e. The van der Waals surface area contributed by atoms with E-state index in [4.69, 9.17) is 0 Å². The number of hydrogen-bond donors (Lipinski definition) is 1. The normalized spacial score (nSPS) is 17.7. The van der Waals surface area contributed by atoms with E-state index >= 15 is 0 Å². The third-order valence-corrected chi connectivity index (χ3v) is 5.10. The molecule has 0 radical (unpaired) electrons. The van der Waals surface area contributed by atoms with Crippen molar-refractivity contribution in [1.82, 2.24) is 10.2 Å². The predicted molar refractivity (Wildman–Crippen MR) is 103 cm³/mol. The van der Waals surface area contributed by atoms with Crippen LogP contribution in [0.2, 0.25) is 0 Å². The number of rotatable bonds is 4. The number of amides is 2. The minimum absolute atomic E-state index is 0.0828. The highest BCUT2D eigenvalue weighted by Gasteiger charge is 2.32. The van der Waals surface area contributed by atoms with E-state index < -0.39 is 17.8 Å². The summed E-state index contributed by atoms with van der Waals surface area (Å²) >= 11 is 0. The molecule has 2 aromatic rings. The SMILES string of the molecule is Cc1ccccc1C(=O)NC1CCCCN(Cc2cccc(C(F)(F)F)c2)C1=O. The van der Waals surface area contributed by atoms with Crippen LogP contribution in [0.1, 0.15) is 46.3 Å². The Labute approximate surface area is 167 Å². The van der Waals surface area contributed by atoms with E-state index in [-0.39, 0.29) is 18.4 Å². The molecule has 0 spiro atoms. The monoisotopic (exact) mass is 404 g/mol. The van der Waals surface area contributed by atoms with E-state index in [0.717, 1.165) is 30.5 Å². The molecule has 1 aliphatic rings. The molecular formula is C22H23F3N2O2. The van der Waals surface area contributed by atoms with Crippen molar-refractivity contribution in [2.75, 3.05) is 6.54 Å². The molecule has 1 saturated heterocycles. The molecule has 0 bridgehead atoms. The summed E-state index contributed by atoms with van der Waals surface area (Å²) in [5.41, 5.74) is 1.00. The lowest BCUT2D eigenvalue weighted by atomic mass is 10.1. The van der Waals surface area contributed by atoms with Crippen molar-refractivity contribution in [2.45, 2.75) is 44.9 Å². The van der Waals surface area contributed by atoms with Crippen molar-refractivity contribution in [3.63, 3.8) is 0 Å². The summed E-state index contributed by atoms with van der Waals surface area (Å²) in [4.78, 5) is 27.1. The number of nitrogens with one attached hydrogen (secondary N) is 1. The van der Waals surface area contributed by atoms with E-state index in [1.54, 1.807) is 18.2 Å². The maximum Gasteiger partial charge on any atom is 0.416 e. The van der Waals surface area contributed by atoms with Gasteiger partial charge in [0.05, 0.1) is 5.56 Å². The Hall–Kier alpha value is -2.83. The second-order valence-corrected chi connectivity index (χ2v) is 7.29. The molecule has 2 aromatic carbocycles. The molecule has 0 aliphatic carbocycles. The third kappa shape index (κ3) is 5.16. The van der Waals surface area contributed by atoms with Crippen molar-refractivity contribution in [1.29, 1.82) is 0 Å². The van der Waals surface area contributed by atoms with Gasteiger partial charge in [0.15, 0.2) is 0 Å². The molecule has 0 aromatic heterocycles. The van der Waals surface area contributed by atoms with Gasteiger partial charge in [0, 0.05) is 18.7 Å². The van der Waals surface area contributed by atoms with Crippen LogP contribution in [0.4, 0.5) is 13.2 Å². The van der Waals surface area contributed by atoms with Crippen LogP contribution in [-0.2, 0) is 17.5 Å². The van der Waals surface area contributed by atoms with Crippen LogP contribution in [0.15, 0.2) is 48.5 Å². The lowest BCUT2D eigenvalue weighted by Crippen LogP contribution is -2.47. The van der Waals surface area contributed by atoms with Crippen molar-refractivity contribution in [3.8, 4) is 0 Å². The first-order chi connectivity index (χ1) is 13.8. The second-order valence-electron chi connectivity index (χ2n) is 7.29. The largest absolute Gasteiger partial charge is 0.416 e. The summed E-state index contributed by atoms with van der Waals surface area (Å²) in [7, 11) is 0. The molecule has 4 nitrogen and oxygen atoms in total. The summed E-state index contributed by atoms with van der Waals surface area (Å²) in [6.45, 7) is 2.36. The fourth-order valence-electron chi connectivity index (χ4n) is 3.53. The summed E-state index contributed by atoms with van der Waals surface area (Å²) in [6, 6.07) is 11.4. The minimum atomic E-state index is -4.43. The molecule has 154 valence electrons. The fraction of sp³-hybridized carbons (Fsp3) is 0.364. The van der Waals surface area contributed by atoms with Crippen LogP contribution in [0.25, 0.3) is 0 Å². The number of aryl methyl sites for hydroxylation is 1. The lowest BCUT2D eigenvalue weighted by Gasteiger charge is -2.25. The van der Waals surface area contributed by atoms with Crippen LogP contribution in [0.3, 0.4) is 0 Å². The molecular weight excluding hydrogens is 381 g/mol. The standard InChI is InChI=1S/C22H23F3N2O2/c1-15-7-2-3-10-18(15)20(28)26-19-11-4-5-12-27(21(19)29)14-16-8-6-9-17(13-16)22(23,24)25/h2-3,6-10,13,19H,4-5,11-12,14H2,1H3,(H,26,28). The highest BCUT2D eigenvalue weighted by atomic mass is 19.4. The zero-order valence-corrected chi connectivity index (χ0v) is 16.1. The van der Waals surface area contributed by atoms with E-state index in [2.05, 4.69) is 5.32 Å². The molecule has 1 heterocycles. The second kappa shape index (κ2) is 8.68. The van der Waals surface area contributed by atoms with Crippen LogP contribution in [-0.4, -0.2) is 29.3 Å². The smallest absolute Gasteiger partial charge is 0.340 e. The number of likely N-dealkylation sites (tertiary alicyclic amines) is 1. The average molecular weight is 404 g/mol. The molecule has 0 saturated carbocycles. The van der Waals surface area contributed by atoms with E-state index in [1.165, 1.54) is 11.0 Å². The first-order valence-electron chi connectivity index (χ1n) is 9.57. The number of halogens is 3. The Bertz CT molecular complexity index is 896. The average Bonchev–Trinajstić information content (AvgIpc) is 2.84. The molecule has 29 heavy (non-hydrogen) atoms. The Morgan fingerprint density at radius 3 is 2.62 bits per heavy atom. The number of carbonyl (C=O) groups is 2. The number of benzene rings is 2. The highest BCUT2D eigenvalue weighted by molar-refractivity contribution is 5.98. The van der Waals surface area contributed by atoms with Gasteiger partial charge in [-0.05, 0) is 55.5 Å². The van der Waals surface area contributed by atoms with E-state index in [0.29, 0.717) is 24.1 Å². The van der Waals surface area contributed by atoms with Crippen molar-refractivity contribution in [3.05, 3.63) is 70.8 Å². The van der Waals surface area contributed by atoms with Gasteiger partial charge in [-0.15, -0.1) is 0 Å². The molecule has 1 atom stereocenters. The van der Waals surface area contributed by atoms with Gasteiger partial charge in [-0.2, -0.15) is 13.2 Å². The molecule has 7 heteroatoms. The third-order valence-electron chi connectivity index (χ3n) is 5.10. The molecule has 1 fully saturated rings.